The minimum absolute atomic E-state index is 0.427. The molecule has 19 heavy (non-hydrogen) atoms. The zero-order valence-electron chi connectivity index (χ0n) is 9.98. The van der Waals surface area contributed by atoms with Crippen molar-refractivity contribution in [3.63, 3.8) is 0 Å². The summed E-state index contributed by atoms with van der Waals surface area (Å²) in [5.74, 6) is -1.20. The molecule has 2 rings (SSSR count). The van der Waals surface area contributed by atoms with Gasteiger partial charge in [-0.3, -0.25) is 4.79 Å². The highest BCUT2D eigenvalue weighted by atomic mass is 79.9. The molecule has 0 spiro atoms. The first-order chi connectivity index (χ1) is 9.04. The molecule has 0 aliphatic heterocycles. The summed E-state index contributed by atoms with van der Waals surface area (Å²) in [5, 5.41) is 9.33. The number of carboxylic acids is 1. The summed E-state index contributed by atoms with van der Waals surface area (Å²) in [5.41, 5.74) is 1.02. The van der Waals surface area contributed by atoms with Crippen molar-refractivity contribution >= 4 is 44.8 Å². The van der Waals surface area contributed by atoms with Crippen molar-refractivity contribution in [1.29, 1.82) is 0 Å². The molecular formula is C14H12BrClO2S. The molecule has 1 aromatic heterocycles. The Morgan fingerprint density at radius 2 is 2.11 bits per heavy atom. The Bertz CT molecular complexity index is 582. The van der Waals surface area contributed by atoms with Gasteiger partial charge in [-0.15, -0.1) is 11.3 Å². The number of rotatable bonds is 5. The molecule has 0 amide bonds. The largest absolute Gasteiger partial charge is 0.481 e. The molecule has 1 unspecified atom stereocenters. The monoisotopic (exact) mass is 358 g/mol. The second kappa shape index (κ2) is 6.55. The second-order valence-corrected chi connectivity index (χ2v) is 6.99. The van der Waals surface area contributed by atoms with Crippen LogP contribution < -0.4 is 0 Å². The van der Waals surface area contributed by atoms with E-state index in [1.807, 2.05) is 30.3 Å². The van der Waals surface area contributed by atoms with Crippen molar-refractivity contribution in [2.45, 2.75) is 12.8 Å². The third-order valence-electron chi connectivity index (χ3n) is 2.80. The fourth-order valence-corrected chi connectivity index (χ4v) is 3.51. The summed E-state index contributed by atoms with van der Waals surface area (Å²) in [7, 11) is 0. The molecule has 0 aliphatic carbocycles. The van der Waals surface area contributed by atoms with Crippen molar-refractivity contribution in [2.75, 3.05) is 0 Å². The van der Waals surface area contributed by atoms with Crippen molar-refractivity contribution in [2.24, 2.45) is 5.92 Å². The van der Waals surface area contributed by atoms with Crippen LogP contribution in [0.2, 0.25) is 4.34 Å². The van der Waals surface area contributed by atoms with Crippen LogP contribution in [0.15, 0.2) is 40.9 Å². The highest BCUT2D eigenvalue weighted by molar-refractivity contribution is 9.10. The Labute approximate surface area is 129 Å². The number of halogens is 2. The Balaban J connectivity index is 2.10. The summed E-state index contributed by atoms with van der Waals surface area (Å²) in [6.07, 6.45) is 1.03. The average Bonchev–Trinajstić information content (AvgIpc) is 2.74. The van der Waals surface area contributed by atoms with Crippen LogP contribution in [-0.4, -0.2) is 11.1 Å². The van der Waals surface area contributed by atoms with Crippen LogP contribution >= 0.6 is 38.9 Å². The molecule has 1 atom stereocenters. The van der Waals surface area contributed by atoms with Crippen LogP contribution in [0.25, 0.3) is 0 Å². The van der Waals surface area contributed by atoms with Crippen molar-refractivity contribution in [1.82, 2.24) is 0 Å². The average molecular weight is 360 g/mol. The van der Waals surface area contributed by atoms with E-state index in [1.165, 1.54) is 11.3 Å². The molecule has 0 fully saturated rings. The van der Waals surface area contributed by atoms with Gasteiger partial charge < -0.3 is 5.11 Å². The Morgan fingerprint density at radius 3 is 2.68 bits per heavy atom. The van der Waals surface area contributed by atoms with Crippen LogP contribution in [0.5, 0.6) is 0 Å². The lowest BCUT2D eigenvalue weighted by atomic mass is 9.96. The second-order valence-electron chi connectivity index (χ2n) is 4.28. The number of hydrogen-bond acceptors (Lipinski definition) is 2. The van der Waals surface area contributed by atoms with E-state index in [1.54, 1.807) is 6.07 Å². The molecule has 0 saturated carbocycles. The van der Waals surface area contributed by atoms with Gasteiger partial charge in [0.15, 0.2) is 0 Å². The Kier molecular flexibility index (Phi) is 5.02. The van der Waals surface area contributed by atoms with E-state index in [0.29, 0.717) is 17.2 Å². The maximum Gasteiger partial charge on any atom is 0.307 e. The third-order valence-corrected chi connectivity index (χ3v) is 4.54. The molecule has 1 N–H and O–H groups in total. The number of thiophene rings is 1. The highest BCUT2D eigenvalue weighted by Gasteiger charge is 2.19. The molecule has 1 heterocycles. The third kappa shape index (κ3) is 4.34. The maximum atomic E-state index is 11.4. The van der Waals surface area contributed by atoms with E-state index < -0.39 is 11.9 Å². The molecule has 2 aromatic rings. The summed E-state index contributed by atoms with van der Waals surface area (Å²) < 4.78 is 1.66. The van der Waals surface area contributed by atoms with Gasteiger partial charge in [0.05, 0.1) is 10.3 Å². The van der Waals surface area contributed by atoms with Crippen molar-refractivity contribution < 1.29 is 9.90 Å². The lowest BCUT2D eigenvalue weighted by molar-refractivity contribution is -0.141. The van der Waals surface area contributed by atoms with Gasteiger partial charge in [0.2, 0.25) is 0 Å². The highest BCUT2D eigenvalue weighted by Crippen LogP contribution is 2.25. The zero-order valence-corrected chi connectivity index (χ0v) is 13.1. The maximum absolute atomic E-state index is 11.4. The van der Waals surface area contributed by atoms with Crippen LogP contribution in [0.4, 0.5) is 0 Å². The number of carboxylic acid groups (broad SMARTS) is 1. The van der Waals surface area contributed by atoms with E-state index >= 15 is 0 Å². The molecule has 1 aromatic carbocycles. The fraction of sp³-hybridized carbons (Fsp3) is 0.214. The first-order valence-electron chi connectivity index (χ1n) is 5.76. The molecule has 5 heteroatoms. The Morgan fingerprint density at radius 1 is 1.32 bits per heavy atom. The number of benzene rings is 1. The van der Waals surface area contributed by atoms with Gasteiger partial charge in [0.1, 0.15) is 0 Å². The van der Waals surface area contributed by atoms with Gasteiger partial charge in [0.25, 0.3) is 0 Å². The molecule has 0 saturated heterocycles. The van der Waals surface area contributed by atoms with Crippen molar-refractivity contribution in [3.05, 3.63) is 55.6 Å². The van der Waals surface area contributed by atoms with Crippen LogP contribution in [0.3, 0.4) is 0 Å². The summed E-state index contributed by atoms with van der Waals surface area (Å²) in [6, 6.07) is 11.4. The first kappa shape index (κ1) is 14.6. The normalized spacial score (nSPS) is 12.3. The molecule has 0 bridgehead atoms. The zero-order chi connectivity index (χ0) is 13.8. The van der Waals surface area contributed by atoms with Crippen LogP contribution in [-0.2, 0) is 17.6 Å². The SMILES string of the molecule is O=C(O)C(Cc1cccc(Br)c1)Cc1ccc(Cl)s1. The lowest BCUT2D eigenvalue weighted by Crippen LogP contribution is -2.18. The number of hydrogen-bond donors (Lipinski definition) is 1. The van der Waals surface area contributed by atoms with E-state index in [0.717, 1.165) is 14.9 Å². The van der Waals surface area contributed by atoms with E-state index in [-0.39, 0.29) is 0 Å². The van der Waals surface area contributed by atoms with Gasteiger partial charge in [0, 0.05) is 9.35 Å². The molecule has 0 aliphatic rings. The van der Waals surface area contributed by atoms with Gasteiger partial charge in [-0.05, 0) is 42.7 Å². The fourth-order valence-electron chi connectivity index (χ4n) is 1.90. The molecule has 0 radical (unpaired) electrons. The van der Waals surface area contributed by atoms with Gasteiger partial charge in [-0.1, -0.05) is 39.7 Å². The molecule has 2 nitrogen and oxygen atoms in total. The van der Waals surface area contributed by atoms with Crippen LogP contribution in [0, 0.1) is 5.92 Å². The summed E-state index contributed by atoms with van der Waals surface area (Å²) in [4.78, 5) is 12.4. The smallest absolute Gasteiger partial charge is 0.307 e. The van der Waals surface area contributed by atoms with E-state index in [4.69, 9.17) is 11.6 Å². The summed E-state index contributed by atoms with van der Waals surface area (Å²) in [6.45, 7) is 0. The Hall–Kier alpha value is -0.840. The number of aliphatic carboxylic acids is 1. The van der Waals surface area contributed by atoms with E-state index in [9.17, 15) is 9.90 Å². The summed E-state index contributed by atoms with van der Waals surface area (Å²) >= 11 is 10.7. The van der Waals surface area contributed by atoms with E-state index in [2.05, 4.69) is 15.9 Å². The van der Waals surface area contributed by atoms with Gasteiger partial charge in [-0.25, -0.2) is 0 Å². The van der Waals surface area contributed by atoms with Gasteiger partial charge in [-0.2, -0.15) is 0 Å². The standard InChI is InChI=1S/C14H12BrClO2S/c15-11-3-1-2-9(7-11)6-10(14(17)18)8-12-4-5-13(16)19-12/h1-5,7,10H,6,8H2,(H,17,18). The topological polar surface area (TPSA) is 37.3 Å². The molecule has 100 valence electrons. The van der Waals surface area contributed by atoms with Gasteiger partial charge >= 0.3 is 5.97 Å². The predicted octanol–water partition coefficient (Wildman–Crippen LogP) is 4.65. The first-order valence-corrected chi connectivity index (χ1v) is 7.75. The predicted molar refractivity (Wildman–Crippen MR) is 82.0 cm³/mol. The lowest BCUT2D eigenvalue weighted by Gasteiger charge is -2.11. The minimum Gasteiger partial charge on any atom is -0.481 e. The number of carbonyl (C=O) groups is 1. The molecular weight excluding hydrogens is 348 g/mol. The van der Waals surface area contributed by atoms with Crippen LogP contribution in [0.1, 0.15) is 10.4 Å². The quantitative estimate of drug-likeness (QED) is 0.843. The van der Waals surface area contributed by atoms with Crippen molar-refractivity contribution in [3.8, 4) is 0 Å². The minimum atomic E-state index is -0.774.